The van der Waals surface area contributed by atoms with Crippen molar-refractivity contribution in [3.8, 4) is 5.69 Å². The van der Waals surface area contributed by atoms with E-state index in [0.29, 0.717) is 28.6 Å². The van der Waals surface area contributed by atoms with Crippen LogP contribution in [0.5, 0.6) is 0 Å². The number of hydrogen-bond donors (Lipinski definition) is 2. The van der Waals surface area contributed by atoms with E-state index in [2.05, 4.69) is 15.6 Å². The van der Waals surface area contributed by atoms with E-state index in [0.717, 1.165) is 5.56 Å². The molecule has 0 atom stereocenters. The van der Waals surface area contributed by atoms with E-state index in [1.807, 2.05) is 30.3 Å². The molecule has 0 saturated carbocycles. The molecule has 1 heterocycles. The van der Waals surface area contributed by atoms with Crippen LogP contribution in [0, 0.1) is 5.82 Å². The molecular formula is C25H21FN4O2S. The van der Waals surface area contributed by atoms with Crippen LogP contribution in [0.2, 0.25) is 0 Å². The number of hydrogen-bond acceptors (Lipinski definition) is 4. The van der Waals surface area contributed by atoms with Gasteiger partial charge in [-0.15, -0.1) is 0 Å². The Bertz CT molecular complexity index is 1260. The van der Waals surface area contributed by atoms with Gasteiger partial charge in [0.1, 0.15) is 5.82 Å². The third kappa shape index (κ3) is 5.87. The lowest BCUT2D eigenvalue weighted by molar-refractivity contribution is -0.113. The first-order valence-electron chi connectivity index (χ1n) is 10.2. The average molecular weight is 461 g/mol. The summed E-state index contributed by atoms with van der Waals surface area (Å²) in [6.07, 6.45) is 3.30. The Morgan fingerprint density at radius 1 is 0.970 bits per heavy atom. The number of nitrogens with one attached hydrogen (secondary N) is 2. The Kier molecular flexibility index (Phi) is 7.16. The minimum Gasteiger partial charge on any atom is -0.348 e. The smallest absolute Gasteiger partial charge is 0.253 e. The van der Waals surface area contributed by atoms with Crippen molar-refractivity contribution >= 4 is 29.3 Å². The fourth-order valence-corrected chi connectivity index (χ4v) is 3.97. The number of imidazole rings is 1. The highest BCUT2D eigenvalue weighted by Gasteiger charge is 2.14. The third-order valence-electron chi connectivity index (χ3n) is 4.77. The highest BCUT2D eigenvalue weighted by atomic mass is 32.2. The van der Waals surface area contributed by atoms with Crippen molar-refractivity contribution in [3.05, 3.63) is 108 Å². The number of anilines is 1. The molecule has 166 valence electrons. The van der Waals surface area contributed by atoms with E-state index >= 15 is 0 Å². The number of amides is 2. The second kappa shape index (κ2) is 10.6. The lowest BCUT2D eigenvalue weighted by atomic mass is 10.1. The summed E-state index contributed by atoms with van der Waals surface area (Å²) in [5, 5.41) is 6.24. The van der Waals surface area contributed by atoms with Gasteiger partial charge in [0.05, 0.1) is 22.7 Å². The number of thioether (sulfide) groups is 1. The number of para-hydroxylation sites is 1. The van der Waals surface area contributed by atoms with Gasteiger partial charge in [0, 0.05) is 18.9 Å². The number of nitrogens with zero attached hydrogens (tertiary/aromatic N) is 2. The normalized spacial score (nSPS) is 10.6. The van der Waals surface area contributed by atoms with Gasteiger partial charge in [-0.1, -0.05) is 60.3 Å². The quantitative estimate of drug-likeness (QED) is 0.375. The molecule has 6 nitrogen and oxygen atoms in total. The van der Waals surface area contributed by atoms with Gasteiger partial charge in [-0.25, -0.2) is 9.37 Å². The lowest BCUT2D eigenvalue weighted by Gasteiger charge is -2.12. The predicted octanol–water partition coefficient (Wildman–Crippen LogP) is 4.67. The van der Waals surface area contributed by atoms with E-state index in [1.54, 1.807) is 53.4 Å². The first-order chi connectivity index (χ1) is 16.1. The predicted molar refractivity (Wildman–Crippen MR) is 127 cm³/mol. The van der Waals surface area contributed by atoms with Crippen LogP contribution < -0.4 is 10.6 Å². The summed E-state index contributed by atoms with van der Waals surface area (Å²) in [4.78, 5) is 29.5. The molecule has 0 saturated heterocycles. The molecule has 3 aromatic carbocycles. The van der Waals surface area contributed by atoms with E-state index in [1.165, 1.54) is 23.9 Å². The Balaban J connectivity index is 1.38. The molecule has 2 amide bonds. The molecule has 0 radical (unpaired) electrons. The fraction of sp³-hybridized carbons (Fsp3) is 0.0800. The molecular weight excluding hydrogens is 439 g/mol. The zero-order valence-electron chi connectivity index (χ0n) is 17.6. The molecule has 4 aromatic rings. The molecule has 8 heteroatoms. The summed E-state index contributed by atoms with van der Waals surface area (Å²) >= 11 is 1.22. The van der Waals surface area contributed by atoms with Gasteiger partial charge in [-0.2, -0.15) is 0 Å². The number of carbonyl (C=O) groups excluding carboxylic acids is 2. The number of rotatable bonds is 8. The number of halogens is 1. The van der Waals surface area contributed by atoms with Gasteiger partial charge in [0.15, 0.2) is 5.16 Å². The summed E-state index contributed by atoms with van der Waals surface area (Å²) in [7, 11) is 0. The van der Waals surface area contributed by atoms with Crippen molar-refractivity contribution in [2.75, 3.05) is 11.1 Å². The van der Waals surface area contributed by atoms with Crippen LogP contribution in [-0.4, -0.2) is 27.1 Å². The summed E-state index contributed by atoms with van der Waals surface area (Å²) < 4.78 is 15.3. The number of carbonyl (C=O) groups is 2. The topological polar surface area (TPSA) is 76.0 Å². The summed E-state index contributed by atoms with van der Waals surface area (Å²) in [6.45, 7) is 0.389. The maximum Gasteiger partial charge on any atom is 0.253 e. The summed E-state index contributed by atoms with van der Waals surface area (Å²) in [5.74, 6) is -0.829. The number of aromatic nitrogens is 2. The van der Waals surface area contributed by atoms with Crippen LogP contribution in [0.4, 0.5) is 10.1 Å². The van der Waals surface area contributed by atoms with Crippen molar-refractivity contribution in [2.45, 2.75) is 11.7 Å². The second-order valence-electron chi connectivity index (χ2n) is 7.11. The average Bonchev–Trinajstić information content (AvgIpc) is 3.31. The van der Waals surface area contributed by atoms with Crippen molar-refractivity contribution in [3.63, 3.8) is 0 Å². The van der Waals surface area contributed by atoms with E-state index in [4.69, 9.17) is 0 Å². The Morgan fingerprint density at radius 2 is 1.76 bits per heavy atom. The Hall–Kier alpha value is -3.91. The highest BCUT2D eigenvalue weighted by molar-refractivity contribution is 7.99. The van der Waals surface area contributed by atoms with Gasteiger partial charge >= 0.3 is 0 Å². The maximum absolute atomic E-state index is 13.6. The van der Waals surface area contributed by atoms with Crippen LogP contribution in [0.25, 0.3) is 5.69 Å². The van der Waals surface area contributed by atoms with Crippen LogP contribution in [0.3, 0.4) is 0 Å². The van der Waals surface area contributed by atoms with Crippen LogP contribution >= 0.6 is 11.8 Å². The highest BCUT2D eigenvalue weighted by Crippen LogP contribution is 2.22. The lowest BCUT2D eigenvalue weighted by Crippen LogP contribution is -2.25. The first kappa shape index (κ1) is 22.3. The molecule has 0 aliphatic rings. The minimum atomic E-state index is -0.350. The molecule has 0 unspecified atom stereocenters. The zero-order chi connectivity index (χ0) is 23.0. The molecule has 1 aromatic heterocycles. The Labute approximate surface area is 194 Å². The van der Waals surface area contributed by atoms with Crippen LogP contribution in [0.15, 0.2) is 96.4 Å². The maximum atomic E-state index is 13.6. The first-order valence-corrected chi connectivity index (χ1v) is 11.2. The minimum absolute atomic E-state index is 0.0757. The molecule has 0 aliphatic heterocycles. The van der Waals surface area contributed by atoms with Crippen molar-refractivity contribution in [1.29, 1.82) is 0 Å². The van der Waals surface area contributed by atoms with Crippen molar-refractivity contribution in [2.24, 2.45) is 0 Å². The monoisotopic (exact) mass is 460 g/mol. The van der Waals surface area contributed by atoms with Gasteiger partial charge in [-0.3, -0.25) is 14.2 Å². The van der Waals surface area contributed by atoms with E-state index < -0.39 is 0 Å². The zero-order valence-corrected chi connectivity index (χ0v) is 18.4. The Morgan fingerprint density at radius 3 is 2.58 bits per heavy atom. The third-order valence-corrected chi connectivity index (χ3v) is 5.73. The van der Waals surface area contributed by atoms with Crippen molar-refractivity contribution in [1.82, 2.24) is 14.9 Å². The fourth-order valence-electron chi connectivity index (χ4n) is 3.20. The van der Waals surface area contributed by atoms with Crippen LogP contribution in [0.1, 0.15) is 15.9 Å². The molecule has 0 bridgehead atoms. The van der Waals surface area contributed by atoms with Crippen LogP contribution in [-0.2, 0) is 11.3 Å². The molecule has 2 N–H and O–H groups in total. The second-order valence-corrected chi connectivity index (χ2v) is 8.05. The van der Waals surface area contributed by atoms with Gasteiger partial charge in [-0.05, 0) is 35.9 Å². The van der Waals surface area contributed by atoms with E-state index in [-0.39, 0.29) is 23.4 Å². The van der Waals surface area contributed by atoms with Crippen molar-refractivity contribution < 1.29 is 14.0 Å². The molecule has 0 spiro atoms. The SMILES string of the molecule is O=C(CSc1nccn1-c1cccc(F)c1)Nc1ccccc1C(=O)NCc1ccccc1. The van der Waals surface area contributed by atoms with Gasteiger partial charge < -0.3 is 10.6 Å². The largest absolute Gasteiger partial charge is 0.348 e. The molecule has 33 heavy (non-hydrogen) atoms. The molecule has 0 fully saturated rings. The molecule has 0 aliphatic carbocycles. The van der Waals surface area contributed by atoms with E-state index in [9.17, 15) is 14.0 Å². The van der Waals surface area contributed by atoms with Gasteiger partial charge in [0.25, 0.3) is 5.91 Å². The standard InChI is InChI=1S/C25H21FN4O2S/c26-19-9-6-10-20(15-19)30-14-13-27-25(30)33-17-23(31)29-22-12-5-4-11-21(22)24(32)28-16-18-7-2-1-3-8-18/h1-15H,16-17H2,(H,28,32)(H,29,31). The molecule has 4 rings (SSSR count). The van der Waals surface area contributed by atoms with Gasteiger partial charge in [0.2, 0.25) is 5.91 Å². The summed E-state index contributed by atoms with van der Waals surface area (Å²) in [5.41, 5.74) is 2.42. The summed E-state index contributed by atoms with van der Waals surface area (Å²) in [6, 6.07) is 22.6. The number of benzene rings is 3.